The minimum absolute atomic E-state index is 0.211. The Bertz CT molecular complexity index is 649. The predicted octanol–water partition coefficient (Wildman–Crippen LogP) is 1.68. The number of carbonyl (C=O) groups excluding carboxylic acids is 2. The van der Waals surface area contributed by atoms with E-state index in [1.165, 1.54) is 0 Å². The van der Waals surface area contributed by atoms with Gasteiger partial charge in [0.2, 0.25) is 5.91 Å². The maximum absolute atomic E-state index is 11.7. The molecule has 2 aromatic rings. The third-order valence-electron chi connectivity index (χ3n) is 3.22. The number of nitrogens with one attached hydrogen (secondary N) is 1. The second-order valence-electron chi connectivity index (χ2n) is 4.52. The van der Waals surface area contributed by atoms with Crippen molar-refractivity contribution in [1.29, 1.82) is 0 Å². The highest BCUT2D eigenvalue weighted by molar-refractivity contribution is 5.96. The van der Waals surface area contributed by atoms with E-state index in [0.717, 1.165) is 16.5 Å². The molecule has 1 saturated heterocycles. The third kappa shape index (κ3) is 2.27. The largest absolute Gasteiger partial charge is 0.324 e. The number of imide groups is 1. The van der Waals surface area contributed by atoms with Crippen LogP contribution in [0, 0.1) is 0 Å². The predicted molar refractivity (Wildman–Crippen MR) is 70.3 cm³/mol. The van der Waals surface area contributed by atoms with Gasteiger partial charge in [-0.2, -0.15) is 0 Å². The summed E-state index contributed by atoms with van der Waals surface area (Å²) in [5, 5.41) is 3.37. The lowest BCUT2D eigenvalue weighted by Crippen LogP contribution is -2.48. The van der Waals surface area contributed by atoms with Crippen molar-refractivity contribution >= 4 is 22.8 Å². The zero-order valence-electron chi connectivity index (χ0n) is 10.3. The lowest BCUT2D eigenvalue weighted by molar-refractivity contribution is -0.121. The van der Waals surface area contributed by atoms with Crippen molar-refractivity contribution in [2.75, 3.05) is 6.54 Å². The molecule has 1 aliphatic rings. The summed E-state index contributed by atoms with van der Waals surface area (Å²) in [7, 11) is 0. The molecule has 3 amide bonds. The van der Waals surface area contributed by atoms with Crippen LogP contribution in [0.2, 0.25) is 0 Å². The van der Waals surface area contributed by atoms with Crippen LogP contribution < -0.4 is 5.32 Å². The van der Waals surface area contributed by atoms with Crippen LogP contribution in [0.5, 0.6) is 0 Å². The number of urea groups is 1. The van der Waals surface area contributed by atoms with Gasteiger partial charge in [-0.15, -0.1) is 0 Å². The van der Waals surface area contributed by atoms with Crippen LogP contribution in [-0.4, -0.2) is 28.4 Å². The fourth-order valence-corrected chi connectivity index (χ4v) is 2.25. The Morgan fingerprint density at radius 3 is 2.89 bits per heavy atom. The molecule has 1 aliphatic heterocycles. The van der Waals surface area contributed by atoms with Crippen LogP contribution >= 0.6 is 0 Å². The number of carbonyl (C=O) groups is 2. The molecule has 5 nitrogen and oxygen atoms in total. The second kappa shape index (κ2) is 4.68. The molecule has 5 heteroatoms. The van der Waals surface area contributed by atoms with Gasteiger partial charge in [-0.05, 0) is 11.6 Å². The summed E-state index contributed by atoms with van der Waals surface area (Å²) in [5.41, 5.74) is 1.89. The number of pyridine rings is 1. The molecule has 0 aliphatic carbocycles. The van der Waals surface area contributed by atoms with Gasteiger partial charge in [0.05, 0.1) is 5.52 Å². The summed E-state index contributed by atoms with van der Waals surface area (Å²) in [6.07, 6.45) is 2.09. The molecule has 0 saturated carbocycles. The summed E-state index contributed by atoms with van der Waals surface area (Å²) >= 11 is 0. The van der Waals surface area contributed by atoms with E-state index in [9.17, 15) is 9.59 Å². The number of para-hydroxylation sites is 1. The number of fused-ring (bicyclic) bond motifs is 1. The van der Waals surface area contributed by atoms with Gasteiger partial charge >= 0.3 is 6.03 Å². The zero-order valence-corrected chi connectivity index (χ0v) is 10.3. The molecule has 19 heavy (non-hydrogen) atoms. The van der Waals surface area contributed by atoms with Crippen molar-refractivity contribution in [3.8, 4) is 0 Å². The maximum atomic E-state index is 11.7. The number of benzene rings is 1. The Morgan fingerprint density at radius 1 is 1.21 bits per heavy atom. The van der Waals surface area contributed by atoms with E-state index in [1.807, 2.05) is 30.3 Å². The van der Waals surface area contributed by atoms with Crippen LogP contribution in [0.4, 0.5) is 4.79 Å². The first-order valence-corrected chi connectivity index (χ1v) is 6.15. The molecule has 0 atom stereocenters. The number of nitrogens with zero attached hydrogens (tertiary/aromatic N) is 2. The van der Waals surface area contributed by atoms with Crippen LogP contribution in [0.1, 0.15) is 12.0 Å². The second-order valence-corrected chi connectivity index (χ2v) is 4.52. The molecule has 0 unspecified atom stereocenters. The summed E-state index contributed by atoms with van der Waals surface area (Å²) in [6, 6.07) is 9.45. The molecule has 3 rings (SSSR count). The van der Waals surface area contributed by atoms with E-state index in [2.05, 4.69) is 10.3 Å². The molecular formula is C14H13N3O2. The summed E-state index contributed by atoms with van der Waals surface area (Å²) in [6.45, 7) is 0.918. The molecule has 0 bridgehead atoms. The minimum Gasteiger partial charge on any atom is -0.320 e. The third-order valence-corrected chi connectivity index (χ3v) is 3.22. The van der Waals surface area contributed by atoms with E-state index in [0.29, 0.717) is 19.5 Å². The van der Waals surface area contributed by atoms with Crippen LogP contribution in [-0.2, 0) is 11.3 Å². The lowest BCUT2D eigenvalue weighted by atomic mass is 10.1. The number of rotatable bonds is 2. The molecule has 2 heterocycles. The van der Waals surface area contributed by atoms with Crippen LogP contribution in [0.15, 0.2) is 36.5 Å². The molecule has 1 N–H and O–H groups in total. The minimum atomic E-state index is -0.329. The standard InChI is InChI=1S/C14H13N3O2/c18-12-6-8-17(14(19)16-12)9-11-4-1-3-10-5-2-7-15-13(10)11/h1-5,7H,6,8-9H2,(H,16,18,19). The van der Waals surface area contributed by atoms with Crippen LogP contribution in [0.25, 0.3) is 10.9 Å². The average molecular weight is 255 g/mol. The van der Waals surface area contributed by atoms with E-state index in [-0.39, 0.29) is 11.9 Å². The Labute approximate surface area is 110 Å². The SMILES string of the molecule is O=C1CCN(Cc2cccc3cccnc23)C(=O)N1. The molecule has 96 valence electrons. The lowest BCUT2D eigenvalue weighted by Gasteiger charge is -2.26. The first-order valence-electron chi connectivity index (χ1n) is 6.15. The number of aromatic nitrogens is 1. The smallest absolute Gasteiger partial charge is 0.320 e. The van der Waals surface area contributed by atoms with Crippen molar-refractivity contribution in [3.05, 3.63) is 42.1 Å². The van der Waals surface area contributed by atoms with Gasteiger partial charge in [0, 0.05) is 31.1 Å². The van der Waals surface area contributed by atoms with Gasteiger partial charge in [0.15, 0.2) is 0 Å². The molecule has 1 aromatic heterocycles. The van der Waals surface area contributed by atoms with Gasteiger partial charge in [-0.25, -0.2) is 4.79 Å². The van der Waals surface area contributed by atoms with Gasteiger partial charge < -0.3 is 4.90 Å². The Kier molecular flexibility index (Phi) is 2.87. The summed E-state index contributed by atoms with van der Waals surface area (Å²) in [5.74, 6) is -0.211. The van der Waals surface area contributed by atoms with Crippen molar-refractivity contribution in [2.45, 2.75) is 13.0 Å². The first-order chi connectivity index (χ1) is 9.24. The molecule has 1 fully saturated rings. The number of hydrogen-bond donors (Lipinski definition) is 1. The van der Waals surface area contributed by atoms with Crippen molar-refractivity contribution in [2.24, 2.45) is 0 Å². The van der Waals surface area contributed by atoms with E-state index < -0.39 is 0 Å². The normalized spacial score (nSPS) is 15.7. The number of hydrogen-bond acceptors (Lipinski definition) is 3. The number of amides is 3. The van der Waals surface area contributed by atoms with Gasteiger partial charge in [0.1, 0.15) is 0 Å². The van der Waals surface area contributed by atoms with Gasteiger partial charge in [-0.1, -0.05) is 24.3 Å². The van der Waals surface area contributed by atoms with Gasteiger partial charge in [0.25, 0.3) is 0 Å². The van der Waals surface area contributed by atoms with Crippen LogP contribution in [0.3, 0.4) is 0 Å². The molecule has 0 radical (unpaired) electrons. The molecule has 1 aromatic carbocycles. The average Bonchev–Trinajstić information content (AvgIpc) is 2.42. The monoisotopic (exact) mass is 255 g/mol. The summed E-state index contributed by atoms with van der Waals surface area (Å²) < 4.78 is 0. The van der Waals surface area contributed by atoms with E-state index in [1.54, 1.807) is 11.1 Å². The Balaban J connectivity index is 1.89. The molecular weight excluding hydrogens is 242 g/mol. The topological polar surface area (TPSA) is 62.3 Å². The first kappa shape index (κ1) is 11.6. The van der Waals surface area contributed by atoms with E-state index in [4.69, 9.17) is 0 Å². The molecule has 0 spiro atoms. The highest BCUT2D eigenvalue weighted by Crippen LogP contribution is 2.18. The highest BCUT2D eigenvalue weighted by atomic mass is 16.2. The van der Waals surface area contributed by atoms with E-state index >= 15 is 0 Å². The highest BCUT2D eigenvalue weighted by Gasteiger charge is 2.23. The maximum Gasteiger partial charge on any atom is 0.324 e. The van der Waals surface area contributed by atoms with Crippen molar-refractivity contribution in [3.63, 3.8) is 0 Å². The Hall–Kier alpha value is -2.43. The Morgan fingerprint density at radius 2 is 2.05 bits per heavy atom. The van der Waals surface area contributed by atoms with Gasteiger partial charge in [-0.3, -0.25) is 15.1 Å². The fourth-order valence-electron chi connectivity index (χ4n) is 2.25. The fraction of sp³-hybridized carbons (Fsp3) is 0.214. The summed E-state index contributed by atoms with van der Waals surface area (Å²) in [4.78, 5) is 28.8. The van der Waals surface area contributed by atoms with Crippen molar-refractivity contribution in [1.82, 2.24) is 15.2 Å². The quantitative estimate of drug-likeness (QED) is 0.888. The van der Waals surface area contributed by atoms with Crippen molar-refractivity contribution < 1.29 is 9.59 Å². The zero-order chi connectivity index (χ0) is 13.2.